The minimum atomic E-state index is -0.221. The normalized spacial score (nSPS) is 23.9. The average molecular weight is 325 g/mol. The van der Waals surface area contributed by atoms with Gasteiger partial charge in [0.25, 0.3) is 0 Å². The summed E-state index contributed by atoms with van der Waals surface area (Å²) in [6.45, 7) is 0.708. The largest absolute Gasteiger partial charge is 0.392 e. The van der Waals surface area contributed by atoms with Crippen LogP contribution in [0, 0.1) is 0 Å². The van der Waals surface area contributed by atoms with Gasteiger partial charge in [0.2, 0.25) is 0 Å². The lowest BCUT2D eigenvalue weighted by atomic mass is 9.92. The van der Waals surface area contributed by atoms with Crippen molar-refractivity contribution in [1.29, 1.82) is 0 Å². The lowest BCUT2D eigenvalue weighted by Crippen LogP contribution is -2.41. The van der Waals surface area contributed by atoms with Crippen LogP contribution in [0.15, 0.2) is 23.2 Å². The number of imidazole rings is 1. The Hall–Kier alpha value is -0.980. The summed E-state index contributed by atoms with van der Waals surface area (Å²) in [6.07, 6.45) is 9.56. The van der Waals surface area contributed by atoms with Crippen molar-refractivity contribution in [2.45, 2.75) is 44.4 Å². The maximum Gasteiger partial charge on any atom is 0.155 e. The number of aliphatic hydroxyl groups excluding tert-OH is 1. The van der Waals surface area contributed by atoms with Crippen LogP contribution < -0.4 is 5.32 Å². The van der Waals surface area contributed by atoms with E-state index >= 15 is 0 Å². The molecule has 1 fully saturated rings. The van der Waals surface area contributed by atoms with Crippen molar-refractivity contribution in [2.75, 3.05) is 0 Å². The van der Waals surface area contributed by atoms with Crippen LogP contribution in [0.25, 0.3) is 5.65 Å². The highest BCUT2D eigenvalue weighted by Crippen LogP contribution is 2.19. The summed E-state index contributed by atoms with van der Waals surface area (Å²) in [5.74, 6) is 0. The summed E-state index contributed by atoms with van der Waals surface area (Å²) < 4.78 is 2.80. The summed E-state index contributed by atoms with van der Waals surface area (Å²) in [7, 11) is 0. The van der Waals surface area contributed by atoms with Crippen molar-refractivity contribution in [3.8, 4) is 0 Å². The molecule has 0 aromatic carbocycles. The van der Waals surface area contributed by atoms with E-state index in [9.17, 15) is 5.11 Å². The van der Waals surface area contributed by atoms with Crippen molar-refractivity contribution in [2.24, 2.45) is 0 Å². The molecule has 19 heavy (non-hydrogen) atoms. The van der Waals surface area contributed by atoms with Gasteiger partial charge in [-0.1, -0.05) is 12.8 Å². The van der Waals surface area contributed by atoms with Crippen LogP contribution in [0.5, 0.6) is 0 Å². The molecule has 2 aromatic heterocycles. The summed E-state index contributed by atoms with van der Waals surface area (Å²) in [5.41, 5.74) is 1.92. The number of halogens is 1. The highest BCUT2D eigenvalue weighted by Gasteiger charge is 2.22. The van der Waals surface area contributed by atoms with Gasteiger partial charge in [-0.2, -0.15) is 0 Å². The molecule has 1 aliphatic carbocycles. The first-order chi connectivity index (χ1) is 9.24. The second kappa shape index (κ2) is 5.56. The van der Waals surface area contributed by atoms with Crippen LogP contribution in [0.2, 0.25) is 0 Å². The zero-order chi connectivity index (χ0) is 13.2. The fraction of sp³-hybridized carbons (Fsp3) is 0.538. The molecule has 3 rings (SSSR count). The standard InChI is InChI=1S/C13H17BrN4O/c14-12-8-18-9(6-17-13(18)7-16-12)5-15-10-3-1-2-4-11(10)19/h6-8,10-11,15,19H,1-5H2. The molecule has 0 radical (unpaired) electrons. The summed E-state index contributed by atoms with van der Waals surface area (Å²) in [5, 5.41) is 13.4. The predicted molar refractivity (Wildman–Crippen MR) is 75.8 cm³/mol. The van der Waals surface area contributed by atoms with E-state index in [0.717, 1.165) is 35.2 Å². The quantitative estimate of drug-likeness (QED) is 0.905. The molecule has 0 bridgehead atoms. The molecule has 6 heteroatoms. The third kappa shape index (κ3) is 2.80. The fourth-order valence-electron chi connectivity index (χ4n) is 2.63. The van der Waals surface area contributed by atoms with Crippen molar-refractivity contribution in [3.05, 3.63) is 28.9 Å². The molecule has 5 nitrogen and oxygen atoms in total. The van der Waals surface area contributed by atoms with Crippen LogP contribution in [0.1, 0.15) is 31.4 Å². The van der Waals surface area contributed by atoms with Crippen molar-refractivity contribution in [3.63, 3.8) is 0 Å². The minimum Gasteiger partial charge on any atom is -0.392 e. The Kier molecular flexibility index (Phi) is 3.81. The monoisotopic (exact) mass is 324 g/mol. The Morgan fingerprint density at radius 2 is 2.16 bits per heavy atom. The number of hydrogen-bond donors (Lipinski definition) is 2. The molecule has 0 saturated heterocycles. The molecule has 2 unspecified atom stereocenters. The summed E-state index contributed by atoms with van der Waals surface area (Å²) in [6, 6.07) is 0.199. The van der Waals surface area contributed by atoms with E-state index in [1.165, 1.54) is 6.42 Å². The molecule has 1 saturated carbocycles. The van der Waals surface area contributed by atoms with E-state index in [-0.39, 0.29) is 12.1 Å². The van der Waals surface area contributed by atoms with Crippen molar-refractivity contribution >= 4 is 21.6 Å². The zero-order valence-electron chi connectivity index (χ0n) is 10.6. The highest BCUT2D eigenvalue weighted by atomic mass is 79.9. The van der Waals surface area contributed by atoms with Gasteiger partial charge in [0.15, 0.2) is 5.65 Å². The fourth-order valence-corrected chi connectivity index (χ4v) is 2.94. The van der Waals surface area contributed by atoms with Gasteiger partial charge in [0, 0.05) is 18.8 Å². The van der Waals surface area contributed by atoms with Gasteiger partial charge in [-0.05, 0) is 28.8 Å². The second-order valence-electron chi connectivity index (χ2n) is 5.03. The molecule has 2 atom stereocenters. The average Bonchev–Trinajstić information content (AvgIpc) is 2.80. The SMILES string of the molecule is OC1CCCCC1NCc1cnc2cnc(Br)cn12. The number of hydrogen-bond acceptors (Lipinski definition) is 4. The van der Waals surface area contributed by atoms with Gasteiger partial charge in [0.05, 0.1) is 24.2 Å². The van der Waals surface area contributed by atoms with Crippen LogP contribution in [-0.4, -0.2) is 31.6 Å². The molecule has 2 aromatic rings. The van der Waals surface area contributed by atoms with Crippen molar-refractivity contribution < 1.29 is 5.11 Å². The number of aliphatic hydroxyl groups is 1. The topological polar surface area (TPSA) is 62.5 Å². The molecule has 1 aliphatic rings. The zero-order valence-corrected chi connectivity index (χ0v) is 12.2. The maximum atomic E-state index is 9.95. The minimum absolute atomic E-state index is 0.199. The molecular formula is C13H17BrN4O. The summed E-state index contributed by atoms with van der Waals surface area (Å²) >= 11 is 3.37. The van der Waals surface area contributed by atoms with Crippen LogP contribution >= 0.6 is 15.9 Å². The lowest BCUT2D eigenvalue weighted by Gasteiger charge is -2.28. The Morgan fingerprint density at radius 1 is 1.32 bits per heavy atom. The Labute approximate surface area is 120 Å². The van der Waals surface area contributed by atoms with Gasteiger partial charge in [-0.3, -0.25) is 4.40 Å². The third-order valence-electron chi connectivity index (χ3n) is 3.72. The molecule has 0 aliphatic heterocycles. The lowest BCUT2D eigenvalue weighted by molar-refractivity contribution is 0.0900. The first kappa shape index (κ1) is 13.0. The molecule has 2 heterocycles. The number of fused-ring (bicyclic) bond motifs is 1. The maximum absolute atomic E-state index is 9.95. The van der Waals surface area contributed by atoms with Gasteiger partial charge < -0.3 is 10.4 Å². The van der Waals surface area contributed by atoms with Gasteiger partial charge in [-0.25, -0.2) is 9.97 Å². The third-order valence-corrected chi connectivity index (χ3v) is 4.13. The van der Waals surface area contributed by atoms with Crippen LogP contribution in [-0.2, 0) is 6.54 Å². The Morgan fingerprint density at radius 3 is 3.00 bits per heavy atom. The molecular weight excluding hydrogens is 308 g/mol. The van der Waals surface area contributed by atoms with Crippen LogP contribution in [0.4, 0.5) is 0 Å². The molecule has 2 N–H and O–H groups in total. The Balaban J connectivity index is 1.72. The van der Waals surface area contributed by atoms with Crippen LogP contribution in [0.3, 0.4) is 0 Å². The van der Waals surface area contributed by atoms with E-state index in [1.54, 1.807) is 6.20 Å². The van der Waals surface area contributed by atoms with E-state index in [2.05, 4.69) is 31.2 Å². The predicted octanol–water partition coefficient (Wildman–Crippen LogP) is 1.88. The van der Waals surface area contributed by atoms with Gasteiger partial charge >= 0.3 is 0 Å². The molecule has 0 amide bonds. The van der Waals surface area contributed by atoms with E-state index < -0.39 is 0 Å². The summed E-state index contributed by atoms with van der Waals surface area (Å²) in [4.78, 5) is 8.48. The molecule has 102 valence electrons. The van der Waals surface area contributed by atoms with Gasteiger partial charge in [0.1, 0.15) is 4.60 Å². The van der Waals surface area contributed by atoms with E-state index in [1.807, 2.05) is 16.8 Å². The number of nitrogens with one attached hydrogen (secondary N) is 1. The molecule has 0 spiro atoms. The first-order valence-electron chi connectivity index (χ1n) is 6.63. The number of rotatable bonds is 3. The van der Waals surface area contributed by atoms with E-state index in [0.29, 0.717) is 6.54 Å². The number of aromatic nitrogens is 3. The van der Waals surface area contributed by atoms with Gasteiger partial charge in [-0.15, -0.1) is 0 Å². The van der Waals surface area contributed by atoms with E-state index in [4.69, 9.17) is 0 Å². The number of nitrogens with zero attached hydrogens (tertiary/aromatic N) is 3. The highest BCUT2D eigenvalue weighted by molar-refractivity contribution is 9.10. The second-order valence-corrected chi connectivity index (χ2v) is 5.84. The Bertz CT molecular complexity index is 571. The smallest absolute Gasteiger partial charge is 0.155 e. The van der Waals surface area contributed by atoms with Crippen molar-refractivity contribution in [1.82, 2.24) is 19.7 Å². The first-order valence-corrected chi connectivity index (χ1v) is 7.42.